The Bertz CT molecular complexity index is 366. The molecule has 1 unspecified atom stereocenters. The van der Waals surface area contributed by atoms with Crippen molar-refractivity contribution in [3.05, 3.63) is 28.2 Å². The Labute approximate surface area is 97.6 Å². The molecule has 0 amide bonds. The molecule has 5 heteroatoms. The Kier molecular flexibility index (Phi) is 4.24. The van der Waals surface area contributed by atoms with Crippen molar-refractivity contribution in [2.75, 3.05) is 0 Å². The van der Waals surface area contributed by atoms with E-state index in [-0.39, 0.29) is 6.42 Å². The lowest BCUT2D eigenvalue weighted by molar-refractivity contribution is -0.138. The molecule has 0 fully saturated rings. The Morgan fingerprint density at radius 1 is 1.53 bits per heavy atom. The normalized spacial score (nSPS) is 12.2. The maximum absolute atomic E-state index is 10.4. The number of hydrogen-bond acceptors (Lipinski definition) is 2. The van der Waals surface area contributed by atoms with Gasteiger partial charge in [0.25, 0.3) is 0 Å². The molecule has 0 heterocycles. The van der Waals surface area contributed by atoms with Crippen molar-refractivity contribution in [3.8, 4) is 5.75 Å². The van der Waals surface area contributed by atoms with Crippen molar-refractivity contribution in [1.29, 1.82) is 0 Å². The molecule has 1 aromatic carbocycles. The molecule has 0 aliphatic heterocycles. The Balaban J connectivity index is 2.72. The van der Waals surface area contributed by atoms with Gasteiger partial charge in [0, 0.05) is 0 Å². The van der Waals surface area contributed by atoms with E-state index >= 15 is 0 Å². The van der Waals surface area contributed by atoms with E-state index < -0.39 is 12.1 Å². The second-order valence-electron chi connectivity index (χ2n) is 3.08. The van der Waals surface area contributed by atoms with Gasteiger partial charge in [-0.3, -0.25) is 4.79 Å². The molecule has 0 saturated heterocycles. The highest BCUT2D eigenvalue weighted by atomic mass is 35.5. The highest BCUT2D eigenvalue weighted by Crippen LogP contribution is 2.32. The predicted molar refractivity (Wildman–Crippen MR) is 58.8 cm³/mol. The van der Waals surface area contributed by atoms with Gasteiger partial charge in [0.1, 0.15) is 16.9 Å². The van der Waals surface area contributed by atoms with Gasteiger partial charge in [-0.25, -0.2) is 0 Å². The Morgan fingerprint density at radius 2 is 2.20 bits per heavy atom. The van der Waals surface area contributed by atoms with Gasteiger partial charge in [0.15, 0.2) is 0 Å². The molecular weight excluding hydrogens is 239 g/mol. The summed E-state index contributed by atoms with van der Waals surface area (Å²) >= 11 is 11.6. The average Bonchev–Trinajstić information content (AvgIpc) is 2.11. The maximum atomic E-state index is 10.4. The molecule has 0 radical (unpaired) electrons. The number of aliphatic carboxylic acids is 1. The Hall–Kier alpha value is -0.930. The number of halogens is 2. The summed E-state index contributed by atoms with van der Waals surface area (Å²) < 4.78 is 5.34. The van der Waals surface area contributed by atoms with E-state index in [2.05, 4.69) is 0 Å². The lowest BCUT2D eigenvalue weighted by Gasteiger charge is -2.14. The molecule has 15 heavy (non-hydrogen) atoms. The van der Waals surface area contributed by atoms with Crippen molar-refractivity contribution >= 4 is 29.2 Å². The van der Waals surface area contributed by atoms with Crippen LogP contribution in [0.2, 0.25) is 10.0 Å². The number of ether oxygens (including phenoxy) is 1. The smallest absolute Gasteiger partial charge is 0.307 e. The number of hydrogen-bond donors (Lipinski definition) is 1. The second-order valence-corrected chi connectivity index (χ2v) is 3.86. The van der Waals surface area contributed by atoms with E-state index in [1.807, 2.05) is 0 Å². The first-order valence-corrected chi connectivity index (χ1v) is 5.08. The fraction of sp³-hybridized carbons (Fsp3) is 0.300. The van der Waals surface area contributed by atoms with Crippen LogP contribution in [0, 0.1) is 0 Å². The van der Waals surface area contributed by atoms with Gasteiger partial charge < -0.3 is 9.84 Å². The van der Waals surface area contributed by atoms with Crippen molar-refractivity contribution in [1.82, 2.24) is 0 Å². The number of carboxylic acid groups (broad SMARTS) is 1. The minimum absolute atomic E-state index is 0.0805. The number of carboxylic acids is 1. The number of rotatable bonds is 4. The van der Waals surface area contributed by atoms with Crippen LogP contribution in [0.15, 0.2) is 18.2 Å². The van der Waals surface area contributed by atoms with E-state index in [0.29, 0.717) is 15.8 Å². The summed E-state index contributed by atoms with van der Waals surface area (Å²) in [5, 5.41) is 9.23. The molecule has 0 aliphatic carbocycles. The minimum atomic E-state index is -0.916. The molecule has 0 bridgehead atoms. The standard InChI is InChI=1S/C10H10Cl2O3/c1-6(5-9(13)14)15-8-4-2-3-7(11)10(8)12/h2-4,6H,5H2,1H3,(H,13,14). The van der Waals surface area contributed by atoms with E-state index in [1.165, 1.54) is 0 Å². The van der Waals surface area contributed by atoms with Crippen molar-refractivity contribution < 1.29 is 14.6 Å². The predicted octanol–water partition coefficient (Wildman–Crippen LogP) is 3.24. The van der Waals surface area contributed by atoms with Crippen molar-refractivity contribution in [2.45, 2.75) is 19.4 Å². The van der Waals surface area contributed by atoms with Gasteiger partial charge in [0.2, 0.25) is 0 Å². The third-order valence-electron chi connectivity index (χ3n) is 1.71. The maximum Gasteiger partial charge on any atom is 0.307 e. The topological polar surface area (TPSA) is 46.5 Å². The molecule has 0 saturated carbocycles. The summed E-state index contributed by atoms with van der Waals surface area (Å²) in [7, 11) is 0. The minimum Gasteiger partial charge on any atom is -0.488 e. The molecule has 0 aliphatic rings. The summed E-state index contributed by atoms with van der Waals surface area (Å²) in [6.45, 7) is 1.66. The van der Waals surface area contributed by atoms with Crippen LogP contribution in [0.4, 0.5) is 0 Å². The van der Waals surface area contributed by atoms with E-state index in [9.17, 15) is 4.79 Å². The van der Waals surface area contributed by atoms with Crippen LogP contribution in [-0.4, -0.2) is 17.2 Å². The zero-order valence-corrected chi connectivity index (χ0v) is 9.55. The fourth-order valence-corrected chi connectivity index (χ4v) is 1.42. The second kappa shape index (κ2) is 5.24. The first-order valence-electron chi connectivity index (χ1n) is 4.33. The largest absolute Gasteiger partial charge is 0.488 e. The van der Waals surface area contributed by atoms with Gasteiger partial charge >= 0.3 is 5.97 Å². The van der Waals surface area contributed by atoms with Crippen LogP contribution in [0.3, 0.4) is 0 Å². The highest BCUT2D eigenvalue weighted by Gasteiger charge is 2.12. The van der Waals surface area contributed by atoms with Crippen LogP contribution in [0.25, 0.3) is 0 Å². The third kappa shape index (κ3) is 3.61. The fourth-order valence-electron chi connectivity index (χ4n) is 1.08. The van der Waals surface area contributed by atoms with Crippen molar-refractivity contribution in [3.63, 3.8) is 0 Å². The molecule has 82 valence electrons. The van der Waals surface area contributed by atoms with Gasteiger partial charge in [0.05, 0.1) is 11.4 Å². The quantitative estimate of drug-likeness (QED) is 0.890. The monoisotopic (exact) mass is 248 g/mol. The van der Waals surface area contributed by atoms with Crippen molar-refractivity contribution in [2.24, 2.45) is 0 Å². The van der Waals surface area contributed by atoms with Gasteiger partial charge in [-0.2, -0.15) is 0 Å². The molecule has 0 spiro atoms. The molecular formula is C10H10Cl2O3. The Morgan fingerprint density at radius 3 is 2.80 bits per heavy atom. The van der Waals surface area contributed by atoms with Crippen LogP contribution in [0.5, 0.6) is 5.75 Å². The summed E-state index contributed by atoms with van der Waals surface area (Å²) in [6.07, 6.45) is -0.526. The summed E-state index contributed by atoms with van der Waals surface area (Å²) in [5.74, 6) is -0.515. The number of benzene rings is 1. The van der Waals surface area contributed by atoms with E-state index in [4.69, 9.17) is 33.0 Å². The molecule has 1 atom stereocenters. The average molecular weight is 249 g/mol. The molecule has 1 N–H and O–H groups in total. The van der Waals surface area contributed by atoms with Gasteiger partial charge in [-0.15, -0.1) is 0 Å². The van der Waals surface area contributed by atoms with E-state index in [1.54, 1.807) is 25.1 Å². The third-order valence-corrected chi connectivity index (χ3v) is 2.51. The van der Waals surface area contributed by atoms with Crippen LogP contribution >= 0.6 is 23.2 Å². The summed E-state index contributed by atoms with van der Waals surface area (Å²) in [4.78, 5) is 10.4. The summed E-state index contributed by atoms with van der Waals surface area (Å²) in [6, 6.07) is 4.97. The zero-order chi connectivity index (χ0) is 11.4. The lowest BCUT2D eigenvalue weighted by atomic mass is 10.3. The number of carbonyl (C=O) groups is 1. The van der Waals surface area contributed by atoms with Gasteiger partial charge in [-0.05, 0) is 19.1 Å². The molecule has 0 aromatic heterocycles. The first-order chi connectivity index (χ1) is 7.00. The molecule has 1 aromatic rings. The van der Waals surface area contributed by atoms with E-state index in [0.717, 1.165) is 0 Å². The van der Waals surface area contributed by atoms with Crippen LogP contribution < -0.4 is 4.74 Å². The molecule has 1 rings (SSSR count). The zero-order valence-electron chi connectivity index (χ0n) is 8.04. The van der Waals surface area contributed by atoms with Gasteiger partial charge in [-0.1, -0.05) is 29.3 Å². The highest BCUT2D eigenvalue weighted by molar-refractivity contribution is 6.42. The van der Waals surface area contributed by atoms with Crippen LogP contribution in [-0.2, 0) is 4.79 Å². The lowest BCUT2D eigenvalue weighted by Crippen LogP contribution is -2.16. The van der Waals surface area contributed by atoms with Crippen LogP contribution in [0.1, 0.15) is 13.3 Å². The summed E-state index contributed by atoms with van der Waals surface area (Å²) in [5.41, 5.74) is 0. The molecule has 3 nitrogen and oxygen atoms in total. The SMILES string of the molecule is CC(CC(=O)O)Oc1cccc(Cl)c1Cl. The first kappa shape index (κ1) is 12.1.